The van der Waals surface area contributed by atoms with Gasteiger partial charge >= 0.3 is 0 Å². The van der Waals surface area contributed by atoms with E-state index in [-0.39, 0.29) is 17.6 Å². The Morgan fingerprint density at radius 2 is 1.92 bits per heavy atom. The van der Waals surface area contributed by atoms with Crippen molar-refractivity contribution in [1.29, 1.82) is 0 Å². The van der Waals surface area contributed by atoms with E-state index in [0.717, 1.165) is 24.2 Å². The van der Waals surface area contributed by atoms with Crippen molar-refractivity contribution in [2.45, 2.75) is 19.4 Å². The highest BCUT2D eigenvalue weighted by molar-refractivity contribution is 5.95. The minimum atomic E-state index is -0.238. The van der Waals surface area contributed by atoms with E-state index < -0.39 is 0 Å². The molecular formula is C20H24N2O3. The summed E-state index contributed by atoms with van der Waals surface area (Å²) in [5.74, 6) is -0.0486. The number of phenolic OH excluding ortho intramolecular Hbond substituents is 1. The van der Waals surface area contributed by atoms with Gasteiger partial charge in [-0.2, -0.15) is 0 Å². The Morgan fingerprint density at radius 3 is 2.64 bits per heavy atom. The Morgan fingerprint density at radius 1 is 1.20 bits per heavy atom. The first kappa shape index (κ1) is 17.5. The molecule has 1 atom stereocenters. The molecule has 0 saturated carbocycles. The molecule has 0 spiro atoms. The second-order valence-electron chi connectivity index (χ2n) is 6.35. The molecule has 1 heterocycles. The Kier molecular flexibility index (Phi) is 5.68. The van der Waals surface area contributed by atoms with Crippen LogP contribution in [0.2, 0.25) is 0 Å². The molecule has 1 aliphatic heterocycles. The molecule has 1 aliphatic rings. The molecule has 2 N–H and O–H groups in total. The number of hydrogen-bond acceptors (Lipinski definition) is 4. The summed E-state index contributed by atoms with van der Waals surface area (Å²) in [6.45, 7) is 5.66. The van der Waals surface area contributed by atoms with E-state index in [2.05, 4.69) is 10.2 Å². The number of nitrogens with zero attached hydrogens (tertiary/aromatic N) is 1. The second-order valence-corrected chi connectivity index (χ2v) is 6.35. The number of rotatable bonds is 5. The predicted molar refractivity (Wildman–Crippen MR) is 97.7 cm³/mol. The van der Waals surface area contributed by atoms with Gasteiger partial charge in [-0.3, -0.25) is 9.69 Å². The van der Waals surface area contributed by atoms with E-state index in [0.29, 0.717) is 25.4 Å². The molecule has 25 heavy (non-hydrogen) atoms. The molecule has 5 nitrogen and oxygen atoms in total. The Bertz CT molecular complexity index is 712. The van der Waals surface area contributed by atoms with Crippen LogP contribution in [0.3, 0.4) is 0 Å². The molecule has 0 bridgehead atoms. The van der Waals surface area contributed by atoms with Crippen LogP contribution in [0.15, 0.2) is 48.5 Å². The number of carbonyl (C=O) groups is 1. The average molecular weight is 340 g/mol. The number of hydrogen-bond donors (Lipinski definition) is 2. The SMILES string of the molecule is C[C@H](C(=O)Nc1ccc(O)c(CN2CCOCC2)c1)c1ccccc1. The normalized spacial score (nSPS) is 16.4. The van der Waals surface area contributed by atoms with E-state index in [9.17, 15) is 9.90 Å². The van der Waals surface area contributed by atoms with E-state index in [4.69, 9.17) is 4.74 Å². The van der Waals surface area contributed by atoms with Gasteiger partial charge in [-0.1, -0.05) is 30.3 Å². The summed E-state index contributed by atoms with van der Waals surface area (Å²) in [6, 6.07) is 14.9. The molecular weight excluding hydrogens is 316 g/mol. The first-order valence-electron chi connectivity index (χ1n) is 8.61. The van der Waals surface area contributed by atoms with Crippen LogP contribution in [0, 0.1) is 0 Å². The van der Waals surface area contributed by atoms with Crippen LogP contribution in [0.25, 0.3) is 0 Å². The number of aromatic hydroxyl groups is 1. The molecule has 1 saturated heterocycles. The van der Waals surface area contributed by atoms with Crippen molar-refractivity contribution in [3.8, 4) is 5.75 Å². The summed E-state index contributed by atoms with van der Waals surface area (Å²) in [5, 5.41) is 13.1. The summed E-state index contributed by atoms with van der Waals surface area (Å²) >= 11 is 0. The fourth-order valence-electron chi connectivity index (χ4n) is 2.93. The van der Waals surface area contributed by atoms with Gasteiger partial charge in [0.05, 0.1) is 19.1 Å². The number of ether oxygens (including phenoxy) is 1. The standard InChI is InChI=1S/C20H24N2O3/c1-15(16-5-3-2-4-6-16)20(24)21-18-7-8-19(23)17(13-18)14-22-9-11-25-12-10-22/h2-8,13,15,23H,9-12,14H2,1H3,(H,21,24)/t15-/m0/s1. The highest BCUT2D eigenvalue weighted by atomic mass is 16.5. The van der Waals surface area contributed by atoms with Gasteiger partial charge in [-0.25, -0.2) is 0 Å². The third-order valence-electron chi connectivity index (χ3n) is 4.54. The molecule has 0 radical (unpaired) electrons. The third-order valence-corrected chi connectivity index (χ3v) is 4.54. The number of morpholine rings is 1. The van der Waals surface area contributed by atoms with Crippen LogP contribution in [0.4, 0.5) is 5.69 Å². The highest BCUT2D eigenvalue weighted by Crippen LogP contribution is 2.25. The molecule has 0 aliphatic carbocycles. The molecule has 2 aromatic carbocycles. The van der Waals surface area contributed by atoms with Crippen LogP contribution < -0.4 is 5.32 Å². The van der Waals surface area contributed by atoms with Crippen molar-refractivity contribution < 1.29 is 14.6 Å². The van der Waals surface area contributed by atoms with Crippen LogP contribution in [-0.2, 0) is 16.1 Å². The summed E-state index contributed by atoms with van der Waals surface area (Å²) in [6.07, 6.45) is 0. The fourth-order valence-corrected chi connectivity index (χ4v) is 2.93. The van der Waals surface area contributed by atoms with Gasteiger partial charge in [-0.05, 0) is 30.7 Å². The van der Waals surface area contributed by atoms with E-state index in [1.54, 1.807) is 12.1 Å². The monoisotopic (exact) mass is 340 g/mol. The van der Waals surface area contributed by atoms with Gasteiger partial charge in [0.25, 0.3) is 0 Å². The van der Waals surface area contributed by atoms with Gasteiger partial charge in [0.2, 0.25) is 5.91 Å². The van der Waals surface area contributed by atoms with Crippen LogP contribution in [0.1, 0.15) is 24.0 Å². The summed E-state index contributed by atoms with van der Waals surface area (Å²) < 4.78 is 5.35. The first-order chi connectivity index (χ1) is 12.1. The van der Waals surface area contributed by atoms with E-state index in [1.165, 1.54) is 0 Å². The minimum Gasteiger partial charge on any atom is -0.508 e. The zero-order chi connectivity index (χ0) is 17.6. The molecule has 2 aromatic rings. The summed E-state index contributed by atoms with van der Waals surface area (Å²) in [5.41, 5.74) is 2.49. The van der Waals surface area contributed by atoms with Crippen LogP contribution >= 0.6 is 0 Å². The average Bonchev–Trinajstić information content (AvgIpc) is 2.65. The molecule has 0 unspecified atom stereocenters. The smallest absolute Gasteiger partial charge is 0.231 e. The summed E-state index contributed by atoms with van der Waals surface area (Å²) in [7, 11) is 0. The van der Waals surface area contributed by atoms with Crippen LogP contribution in [-0.4, -0.2) is 42.2 Å². The van der Waals surface area contributed by atoms with Gasteiger partial charge < -0.3 is 15.2 Å². The predicted octanol–water partition coefficient (Wildman–Crippen LogP) is 2.97. The lowest BCUT2D eigenvalue weighted by Crippen LogP contribution is -2.35. The maximum Gasteiger partial charge on any atom is 0.231 e. The summed E-state index contributed by atoms with van der Waals surface area (Å²) in [4.78, 5) is 14.7. The van der Waals surface area contributed by atoms with Crippen molar-refractivity contribution in [2.75, 3.05) is 31.6 Å². The zero-order valence-electron chi connectivity index (χ0n) is 14.4. The molecule has 1 amide bonds. The van der Waals surface area contributed by atoms with Crippen molar-refractivity contribution >= 4 is 11.6 Å². The van der Waals surface area contributed by atoms with Gasteiger partial charge in [-0.15, -0.1) is 0 Å². The maximum atomic E-state index is 12.5. The second kappa shape index (κ2) is 8.14. The van der Waals surface area contributed by atoms with Crippen molar-refractivity contribution in [3.05, 3.63) is 59.7 Å². The Labute approximate surface area is 148 Å². The number of phenols is 1. The molecule has 0 aromatic heterocycles. The van der Waals surface area contributed by atoms with Crippen molar-refractivity contribution in [2.24, 2.45) is 0 Å². The lowest BCUT2D eigenvalue weighted by Gasteiger charge is -2.27. The van der Waals surface area contributed by atoms with Crippen molar-refractivity contribution in [1.82, 2.24) is 4.90 Å². The third kappa shape index (κ3) is 4.59. The minimum absolute atomic E-state index is 0.0609. The Balaban J connectivity index is 1.68. The fraction of sp³-hybridized carbons (Fsp3) is 0.350. The maximum absolute atomic E-state index is 12.5. The number of amides is 1. The highest BCUT2D eigenvalue weighted by Gasteiger charge is 2.17. The number of nitrogens with one attached hydrogen (secondary N) is 1. The van der Waals surface area contributed by atoms with E-state index in [1.807, 2.05) is 43.3 Å². The van der Waals surface area contributed by atoms with E-state index >= 15 is 0 Å². The largest absolute Gasteiger partial charge is 0.508 e. The van der Waals surface area contributed by atoms with Crippen LogP contribution in [0.5, 0.6) is 5.75 Å². The van der Waals surface area contributed by atoms with Gasteiger partial charge in [0.1, 0.15) is 5.75 Å². The topological polar surface area (TPSA) is 61.8 Å². The number of carbonyl (C=O) groups excluding carboxylic acids is 1. The lowest BCUT2D eigenvalue weighted by molar-refractivity contribution is -0.117. The quantitative estimate of drug-likeness (QED) is 0.822. The molecule has 1 fully saturated rings. The lowest BCUT2D eigenvalue weighted by atomic mass is 10.0. The van der Waals surface area contributed by atoms with Gasteiger partial charge in [0, 0.05) is 30.9 Å². The number of benzene rings is 2. The first-order valence-corrected chi connectivity index (χ1v) is 8.61. The van der Waals surface area contributed by atoms with Gasteiger partial charge in [0.15, 0.2) is 0 Å². The number of anilines is 1. The Hall–Kier alpha value is -2.37. The molecule has 3 rings (SSSR count). The molecule has 5 heteroatoms. The molecule has 132 valence electrons. The van der Waals surface area contributed by atoms with Crippen molar-refractivity contribution in [3.63, 3.8) is 0 Å². The zero-order valence-corrected chi connectivity index (χ0v) is 14.4.